The van der Waals surface area contributed by atoms with E-state index in [9.17, 15) is 4.79 Å². The number of benzene rings is 1. The molecule has 92 valence electrons. The molecule has 0 saturated heterocycles. The minimum atomic E-state index is -0.0904. The van der Waals surface area contributed by atoms with E-state index in [2.05, 4.69) is 6.58 Å². The summed E-state index contributed by atoms with van der Waals surface area (Å²) in [5.74, 6) is 1.10. The molecule has 0 aliphatic heterocycles. The van der Waals surface area contributed by atoms with Gasteiger partial charge in [0.15, 0.2) is 0 Å². The van der Waals surface area contributed by atoms with Gasteiger partial charge >= 0.3 is 0 Å². The van der Waals surface area contributed by atoms with Crippen molar-refractivity contribution >= 4 is 5.91 Å². The lowest BCUT2D eigenvalue weighted by Gasteiger charge is -2.13. The van der Waals surface area contributed by atoms with Crippen molar-refractivity contribution in [1.82, 2.24) is 4.90 Å². The average molecular weight is 235 g/mol. The first-order valence-corrected chi connectivity index (χ1v) is 5.23. The molecule has 0 spiro atoms. The number of rotatable bonds is 5. The van der Waals surface area contributed by atoms with Crippen molar-refractivity contribution in [3.63, 3.8) is 0 Å². The van der Waals surface area contributed by atoms with E-state index in [-0.39, 0.29) is 5.91 Å². The van der Waals surface area contributed by atoms with Crippen molar-refractivity contribution in [2.75, 3.05) is 27.8 Å². The van der Waals surface area contributed by atoms with Crippen LogP contribution < -0.4 is 9.47 Å². The Balaban J connectivity index is 3.04. The van der Waals surface area contributed by atoms with Crippen molar-refractivity contribution in [2.45, 2.75) is 0 Å². The van der Waals surface area contributed by atoms with Gasteiger partial charge in [0.2, 0.25) is 0 Å². The summed E-state index contributed by atoms with van der Waals surface area (Å²) < 4.78 is 10.5. The zero-order chi connectivity index (χ0) is 12.8. The number of nitrogens with zero attached hydrogens (tertiary/aromatic N) is 1. The van der Waals surface area contributed by atoms with Crippen molar-refractivity contribution in [3.8, 4) is 11.5 Å². The highest BCUT2D eigenvalue weighted by Crippen LogP contribution is 2.23. The fraction of sp³-hybridized carbons (Fsp3) is 0.308. The highest BCUT2D eigenvalue weighted by Gasteiger charge is 2.11. The lowest BCUT2D eigenvalue weighted by atomic mass is 10.2. The summed E-state index contributed by atoms with van der Waals surface area (Å²) in [6, 6.07) is 5.10. The van der Waals surface area contributed by atoms with Gasteiger partial charge in [0.25, 0.3) is 5.91 Å². The molecular formula is C13H17NO3. The molecule has 4 heteroatoms. The second kappa shape index (κ2) is 5.94. The van der Waals surface area contributed by atoms with Crippen LogP contribution in [0.3, 0.4) is 0 Å². The van der Waals surface area contributed by atoms with E-state index in [0.717, 1.165) is 0 Å². The molecule has 0 unspecified atom stereocenters. The molecule has 1 amide bonds. The van der Waals surface area contributed by atoms with Gasteiger partial charge < -0.3 is 14.4 Å². The molecule has 0 aliphatic rings. The second-order valence-corrected chi connectivity index (χ2v) is 3.70. The highest BCUT2D eigenvalue weighted by molar-refractivity contribution is 5.94. The lowest BCUT2D eigenvalue weighted by Crippen LogP contribution is -2.21. The van der Waals surface area contributed by atoms with Crippen LogP contribution in [0.2, 0.25) is 0 Å². The summed E-state index contributed by atoms with van der Waals surface area (Å²) in [6.45, 7) is 3.96. The summed E-state index contributed by atoms with van der Waals surface area (Å²) >= 11 is 0. The van der Waals surface area contributed by atoms with Gasteiger partial charge in [-0.25, -0.2) is 0 Å². The second-order valence-electron chi connectivity index (χ2n) is 3.70. The number of carbonyl (C=O) groups is 1. The molecule has 1 aromatic rings. The molecule has 1 rings (SSSR count). The van der Waals surface area contributed by atoms with Crippen LogP contribution in [0, 0.1) is 0 Å². The van der Waals surface area contributed by atoms with Crippen LogP contribution in [0.25, 0.3) is 0 Å². The molecule has 0 saturated carbocycles. The third-order valence-electron chi connectivity index (χ3n) is 2.14. The molecule has 0 atom stereocenters. The number of methoxy groups -OCH3 is 1. The standard InChI is InChI=1S/C13H17NO3/c1-5-6-17-12-8-10(13(15)14(2)3)7-11(9-12)16-4/h5,7-9H,1,6H2,2-4H3. The summed E-state index contributed by atoms with van der Waals surface area (Å²) in [6.07, 6.45) is 1.65. The molecule has 0 N–H and O–H groups in total. The maximum atomic E-state index is 11.8. The SMILES string of the molecule is C=CCOc1cc(OC)cc(C(=O)N(C)C)c1. The topological polar surface area (TPSA) is 38.8 Å². The zero-order valence-electron chi connectivity index (χ0n) is 10.4. The van der Waals surface area contributed by atoms with Crippen LogP contribution in [0.1, 0.15) is 10.4 Å². The minimum Gasteiger partial charge on any atom is -0.497 e. The smallest absolute Gasteiger partial charge is 0.253 e. The van der Waals surface area contributed by atoms with Gasteiger partial charge in [-0.2, -0.15) is 0 Å². The number of carbonyl (C=O) groups excluding carboxylic acids is 1. The van der Waals surface area contributed by atoms with Gasteiger partial charge in [-0.3, -0.25) is 4.79 Å². The highest BCUT2D eigenvalue weighted by atomic mass is 16.5. The van der Waals surface area contributed by atoms with Gasteiger partial charge in [0.05, 0.1) is 7.11 Å². The van der Waals surface area contributed by atoms with E-state index in [0.29, 0.717) is 23.7 Å². The fourth-order valence-corrected chi connectivity index (χ4v) is 1.31. The number of amides is 1. The van der Waals surface area contributed by atoms with Gasteiger partial charge in [0, 0.05) is 25.7 Å². The predicted molar refractivity (Wildman–Crippen MR) is 66.7 cm³/mol. The van der Waals surface area contributed by atoms with Crippen molar-refractivity contribution < 1.29 is 14.3 Å². The van der Waals surface area contributed by atoms with Crippen molar-refractivity contribution in [3.05, 3.63) is 36.4 Å². The average Bonchev–Trinajstić information content (AvgIpc) is 2.34. The number of hydrogen-bond acceptors (Lipinski definition) is 3. The zero-order valence-corrected chi connectivity index (χ0v) is 10.4. The molecule has 0 aliphatic carbocycles. The van der Waals surface area contributed by atoms with Gasteiger partial charge in [-0.05, 0) is 12.1 Å². The monoisotopic (exact) mass is 235 g/mol. The summed E-state index contributed by atoms with van der Waals surface area (Å²) in [7, 11) is 4.95. The van der Waals surface area contributed by atoms with E-state index >= 15 is 0 Å². The Labute approximate surface area is 101 Å². The molecule has 1 aromatic carbocycles. The van der Waals surface area contributed by atoms with E-state index in [1.54, 1.807) is 45.5 Å². The molecule has 0 heterocycles. The van der Waals surface area contributed by atoms with Crippen LogP contribution >= 0.6 is 0 Å². The van der Waals surface area contributed by atoms with Crippen LogP contribution in [0.5, 0.6) is 11.5 Å². The molecule has 0 radical (unpaired) electrons. The summed E-state index contributed by atoms with van der Waals surface area (Å²) in [5.41, 5.74) is 0.536. The van der Waals surface area contributed by atoms with E-state index in [1.165, 1.54) is 4.90 Å². The first-order chi connectivity index (χ1) is 8.08. The fourth-order valence-electron chi connectivity index (χ4n) is 1.31. The Bertz CT molecular complexity index is 413. The maximum absolute atomic E-state index is 11.8. The molecule has 0 aromatic heterocycles. The number of ether oxygens (including phenoxy) is 2. The van der Waals surface area contributed by atoms with Crippen LogP contribution in [-0.4, -0.2) is 38.6 Å². The van der Waals surface area contributed by atoms with Crippen molar-refractivity contribution in [2.24, 2.45) is 0 Å². The van der Waals surface area contributed by atoms with Crippen LogP contribution in [0.15, 0.2) is 30.9 Å². The minimum absolute atomic E-state index is 0.0904. The number of hydrogen-bond donors (Lipinski definition) is 0. The third kappa shape index (κ3) is 3.52. The van der Waals surface area contributed by atoms with E-state index in [4.69, 9.17) is 9.47 Å². The Morgan fingerprint density at radius 2 is 2.00 bits per heavy atom. The third-order valence-corrected chi connectivity index (χ3v) is 2.14. The first kappa shape index (κ1) is 13.1. The van der Waals surface area contributed by atoms with Crippen LogP contribution in [0.4, 0.5) is 0 Å². The van der Waals surface area contributed by atoms with E-state index in [1.807, 2.05) is 0 Å². The predicted octanol–water partition coefficient (Wildman–Crippen LogP) is 1.96. The molecular weight excluding hydrogens is 218 g/mol. The largest absolute Gasteiger partial charge is 0.497 e. The Kier molecular flexibility index (Phi) is 4.57. The van der Waals surface area contributed by atoms with Gasteiger partial charge in [-0.15, -0.1) is 0 Å². The molecule has 17 heavy (non-hydrogen) atoms. The van der Waals surface area contributed by atoms with Gasteiger partial charge in [0.1, 0.15) is 18.1 Å². The first-order valence-electron chi connectivity index (χ1n) is 5.23. The molecule has 0 bridgehead atoms. The summed E-state index contributed by atoms with van der Waals surface area (Å²) in [5, 5.41) is 0. The van der Waals surface area contributed by atoms with E-state index < -0.39 is 0 Å². The normalized spacial score (nSPS) is 9.59. The van der Waals surface area contributed by atoms with Gasteiger partial charge in [-0.1, -0.05) is 12.7 Å². The maximum Gasteiger partial charge on any atom is 0.253 e. The quantitative estimate of drug-likeness (QED) is 0.732. The van der Waals surface area contributed by atoms with Crippen molar-refractivity contribution in [1.29, 1.82) is 0 Å². The van der Waals surface area contributed by atoms with Crippen LogP contribution in [-0.2, 0) is 0 Å². The lowest BCUT2D eigenvalue weighted by molar-refractivity contribution is 0.0827. The summed E-state index contributed by atoms with van der Waals surface area (Å²) in [4.78, 5) is 13.3. The Morgan fingerprint density at radius 3 is 2.53 bits per heavy atom. The molecule has 0 fully saturated rings. The Morgan fingerprint density at radius 1 is 1.35 bits per heavy atom. The Hall–Kier alpha value is -1.97. The molecule has 4 nitrogen and oxygen atoms in total.